The predicted molar refractivity (Wildman–Crippen MR) is 96.4 cm³/mol. The third-order valence-electron chi connectivity index (χ3n) is 4.37. The van der Waals surface area contributed by atoms with E-state index in [0.29, 0.717) is 5.52 Å². The first-order valence-electron chi connectivity index (χ1n) is 7.77. The van der Waals surface area contributed by atoms with Crippen LogP contribution in [0.3, 0.4) is 0 Å². The van der Waals surface area contributed by atoms with Crippen LogP contribution in [0, 0.1) is 6.92 Å². The van der Waals surface area contributed by atoms with Crippen LogP contribution >= 0.6 is 0 Å². The SMILES string of the molecule is Cc1cccc2c(-c3cccc4ccc(C(=O)O)nc34)cccc12. The van der Waals surface area contributed by atoms with E-state index in [2.05, 4.69) is 36.2 Å². The second-order valence-electron chi connectivity index (χ2n) is 5.85. The number of pyridine rings is 1. The number of carboxylic acids is 1. The van der Waals surface area contributed by atoms with Gasteiger partial charge in [-0.25, -0.2) is 9.78 Å². The Bertz CT molecular complexity index is 1100. The quantitative estimate of drug-likeness (QED) is 0.562. The summed E-state index contributed by atoms with van der Waals surface area (Å²) in [4.78, 5) is 15.7. The Morgan fingerprint density at radius 3 is 2.38 bits per heavy atom. The fourth-order valence-corrected chi connectivity index (χ4v) is 3.19. The Morgan fingerprint density at radius 2 is 1.54 bits per heavy atom. The number of para-hydroxylation sites is 1. The van der Waals surface area contributed by atoms with E-state index in [4.69, 9.17) is 0 Å². The Balaban J connectivity index is 2.09. The van der Waals surface area contributed by atoms with Crippen LogP contribution in [0.15, 0.2) is 66.7 Å². The van der Waals surface area contributed by atoms with Crippen molar-refractivity contribution in [1.29, 1.82) is 0 Å². The molecule has 3 aromatic carbocycles. The summed E-state index contributed by atoms with van der Waals surface area (Å²) in [5.41, 5.74) is 4.01. The van der Waals surface area contributed by atoms with Crippen LogP contribution in [-0.2, 0) is 0 Å². The highest BCUT2D eigenvalue weighted by molar-refractivity contribution is 6.05. The Labute approximate surface area is 139 Å². The summed E-state index contributed by atoms with van der Waals surface area (Å²) in [6, 6.07) is 21.7. The molecule has 116 valence electrons. The third kappa shape index (κ3) is 2.22. The predicted octanol–water partition coefficient (Wildman–Crippen LogP) is 5.06. The minimum absolute atomic E-state index is 0.0615. The molecule has 0 amide bonds. The lowest BCUT2D eigenvalue weighted by molar-refractivity contribution is 0.0691. The molecule has 0 spiro atoms. The van der Waals surface area contributed by atoms with Gasteiger partial charge in [-0.1, -0.05) is 60.7 Å². The number of carboxylic acid groups (broad SMARTS) is 1. The summed E-state index contributed by atoms with van der Waals surface area (Å²) in [5, 5.41) is 12.5. The largest absolute Gasteiger partial charge is 0.477 e. The molecular weight excluding hydrogens is 298 g/mol. The summed E-state index contributed by atoms with van der Waals surface area (Å²) >= 11 is 0. The van der Waals surface area contributed by atoms with E-state index in [0.717, 1.165) is 21.9 Å². The number of aromatic carboxylic acids is 1. The molecule has 3 heteroatoms. The first kappa shape index (κ1) is 14.4. The monoisotopic (exact) mass is 313 g/mol. The molecular formula is C21H15NO2. The van der Waals surface area contributed by atoms with Crippen molar-refractivity contribution in [3.05, 3.63) is 78.0 Å². The summed E-state index contributed by atoms with van der Waals surface area (Å²) in [7, 11) is 0. The van der Waals surface area contributed by atoms with Crippen LogP contribution in [-0.4, -0.2) is 16.1 Å². The van der Waals surface area contributed by atoms with Gasteiger partial charge < -0.3 is 5.11 Å². The minimum Gasteiger partial charge on any atom is -0.477 e. The van der Waals surface area contributed by atoms with E-state index in [1.54, 1.807) is 6.07 Å². The van der Waals surface area contributed by atoms with E-state index in [9.17, 15) is 9.90 Å². The van der Waals surface area contributed by atoms with Gasteiger partial charge >= 0.3 is 5.97 Å². The average molecular weight is 313 g/mol. The molecule has 0 unspecified atom stereocenters. The average Bonchev–Trinajstić information content (AvgIpc) is 2.61. The molecule has 0 aliphatic carbocycles. The number of aromatic nitrogens is 1. The van der Waals surface area contributed by atoms with Crippen LogP contribution in [0.5, 0.6) is 0 Å². The molecule has 24 heavy (non-hydrogen) atoms. The number of benzene rings is 3. The summed E-state index contributed by atoms with van der Waals surface area (Å²) < 4.78 is 0. The summed E-state index contributed by atoms with van der Waals surface area (Å²) in [5.74, 6) is -1.01. The maximum Gasteiger partial charge on any atom is 0.354 e. The van der Waals surface area contributed by atoms with Crippen LogP contribution in [0.4, 0.5) is 0 Å². The number of hydrogen-bond donors (Lipinski definition) is 1. The van der Waals surface area contributed by atoms with Gasteiger partial charge in [-0.15, -0.1) is 0 Å². The van der Waals surface area contributed by atoms with Gasteiger partial charge in [0.15, 0.2) is 0 Å². The fraction of sp³-hybridized carbons (Fsp3) is 0.0476. The second kappa shape index (κ2) is 5.46. The smallest absolute Gasteiger partial charge is 0.354 e. The molecule has 0 aliphatic rings. The molecule has 0 saturated carbocycles. The molecule has 0 fully saturated rings. The van der Waals surface area contributed by atoms with E-state index < -0.39 is 5.97 Å². The molecule has 0 aliphatic heterocycles. The zero-order valence-electron chi connectivity index (χ0n) is 13.2. The second-order valence-corrected chi connectivity index (χ2v) is 5.85. The molecule has 1 aromatic heterocycles. The van der Waals surface area contributed by atoms with E-state index in [1.165, 1.54) is 10.9 Å². The maximum absolute atomic E-state index is 11.3. The van der Waals surface area contributed by atoms with Crippen molar-refractivity contribution in [1.82, 2.24) is 4.98 Å². The zero-order chi connectivity index (χ0) is 16.7. The lowest BCUT2D eigenvalue weighted by Gasteiger charge is -2.11. The van der Waals surface area contributed by atoms with Crippen LogP contribution < -0.4 is 0 Å². The Morgan fingerprint density at radius 1 is 0.833 bits per heavy atom. The number of rotatable bonds is 2. The molecule has 0 radical (unpaired) electrons. The van der Waals surface area contributed by atoms with E-state index in [1.807, 2.05) is 36.4 Å². The van der Waals surface area contributed by atoms with Crippen molar-refractivity contribution >= 4 is 27.6 Å². The van der Waals surface area contributed by atoms with Crippen molar-refractivity contribution < 1.29 is 9.90 Å². The number of hydrogen-bond acceptors (Lipinski definition) is 2. The molecule has 4 aromatic rings. The van der Waals surface area contributed by atoms with Gasteiger partial charge in [0.05, 0.1) is 5.52 Å². The fourth-order valence-electron chi connectivity index (χ4n) is 3.19. The van der Waals surface area contributed by atoms with E-state index >= 15 is 0 Å². The summed E-state index contributed by atoms with van der Waals surface area (Å²) in [6.07, 6.45) is 0. The number of fused-ring (bicyclic) bond motifs is 2. The highest BCUT2D eigenvalue weighted by Gasteiger charge is 2.12. The first-order valence-corrected chi connectivity index (χ1v) is 7.77. The van der Waals surface area contributed by atoms with Gasteiger partial charge in [0.25, 0.3) is 0 Å². The molecule has 1 heterocycles. The molecule has 0 atom stereocenters. The molecule has 4 rings (SSSR count). The van der Waals surface area contributed by atoms with Crippen molar-refractivity contribution in [3.63, 3.8) is 0 Å². The van der Waals surface area contributed by atoms with Gasteiger partial charge in [0.1, 0.15) is 5.69 Å². The highest BCUT2D eigenvalue weighted by Crippen LogP contribution is 2.34. The molecule has 3 nitrogen and oxygen atoms in total. The number of aryl methyl sites for hydroxylation is 1. The molecule has 0 bridgehead atoms. The minimum atomic E-state index is -1.01. The van der Waals surface area contributed by atoms with Crippen molar-refractivity contribution in [2.75, 3.05) is 0 Å². The van der Waals surface area contributed by atoms with Crippen LogP contribution in [0.2, 0.25) is 0 Å². The van der Waals surface area contributed by atoms with Gasteiger partial charge in [-0.3, -0.25) is 0 Å². The van der Waals surface area contributed by atoms with Crippen LogP contribution in [0.25, 0.3) is 32.8 Å². The lowest BCUT2D eigenvalue weighted by atomic mass is 9.94. The van der Waals surface area contributed by atoms with Gasteiger partial charge in [0, 0.05) is 10.9 Å². The van der Waals surface area contributed by atoms with Crippen molar-refractivity contribution in [2.24, 2.45) is 0 Å². The first-order chi connectivity index (χ1) is 11.6. The standard InChI is InChI=1S/C21H15NO2/c1-13-5-2-8-16-15(13)7-4-9-17(16)18-10-3-6-14-11-12-19(21(23)24)22-20(14)18/h2-12H,1H3,(H,23,24). The van der Waals surface area contributed by atoms with Gasteiger partial charge in [-0.05, 0) is 34.9 Å². The lowest BCUT2D eigenvalue weighted by Crippen LogP contribution is -2.00. The van der Waals surface area contributed by atoms with Crippen molar-refractivity contribution in [3.8, 4) is 11.1 Å². The van der Waals surface area contributed by atoms with Gasteiger partial charge in [-0.2, -0.15) is 0 Å². The third-order valence-corrected chi connectivity index (χ3v) is 4.37. The normalized spacial score (nSPS) is 11.0. The topological polar surface area (TPSA) is 50.2 Å². The highest BCUT2D eigenvalue weighted by atomic mass is 16.4. The Kier molecular flexibility index (Phi) is 3.28. The number of nitrogens with zero attached hydrogens (tertiary/aromatic N) is 1. The summed E-state index contributed by atoms with van der Waals surface area (Å²) in [6.45, 7) is 2.09. The van der Waals surface area contributed by atoms with Crippen molar-refractivity contribution in [2.45, 2.75) is 6.92 Å². The number of carbonyl (C=O) groups is 1. The molecule has 0 saturated heterocycles. The maximum atomic E-state index is 11.3. The van der Waals surface area contributed by atoms with E-state index in [-0.39, 0.29) is 5.69 Å². The molecule has 1 N–H and O–H groups in total. The zero-order valence-corrected chi connectivity index (χ0v) is 13.2. The van der Waals surface area contributed by atoms with Crippen LogP contribution in [0.1, 0.15) is 16.1 Å². The van der Waals surface area contributed by atoms with Gasteiger partial charge in [0.2, 0.25) is 0 Å². The Hall–Kier alpha value is -3.20.